The van der Waals surface area contributed by atoms with Crippen LogP contribution in [0.3, 0.4) is 0 Å². The molecule has 0 N–H and O–H groups in total. The lowest BCUT2D eigenvalue weighted by atomic mass is 10.2. The van der Waals surface area contributed by atoms with Gasteiger partial charge in [-0.25, -0.2) is 9.50 Å². The van der Waals surface area contributed by atoms with Crippen LogP contribution in [0.1, 0.15) is 33.0 Å². The average molecular weight is 353 g/mol. The zero-order valence-electron chi connectivity index (χ0n) is 14.5. The fourth-order valence-electron chi connectivity index (χ4n) is 3.25. The van der Waals surface area contributed by atoms with Crippen LogP contribution < -0.4 is 0 Å². The maximum atomic E-state index is 13.0. The molecule has 0 saturated carbocycles. The molecule has 0 spiro atoms. The zero-order chi connectivity index (χ0) is 18.1. The highest BCUT2D eigenvalue weighted by atomic mass is 16.3. The van der Waals surface area contributed by atoms with Crippen molar-refractivity contribution < 1.29 is 14.0 Å². The van der Waals surface area contributed by atoms with Gasteiger partial charge in [-0.1, -0.05) is 0 Å². The minimum Gasteiger partial charge on any atom is -0.459 e. The summed E-state index contributed by atoms with van der Waals surface area (Å²) in [5.41, 5.74) is 2.01. The molecule has 1 aliphatic heterocycles. The van der Waals surface area contributed by atoms with Gasteiger partial charge in [0.1, 0.15) is 0 Å². The van der Waals surface area contributed by atoms with Crippen LogP contribution in [0.25, 0.3) is 5.65 Å². The Hall–Kier alpha value is -3.16. The van der Waals surface area contributed by atoms with E-state index in [9.17, 15) is 9.59 Å². The number of aryl methyl sites for hydroxylation is 1. The van der Waals surface area contributed by atoms with Gasteiger partial charge >= 0.3 is 0 Å². The molecule has 0 aromatic carbocycles. The summed E-state index contributed by atoms with van der Waals surface area (Å²) in [5, 5.41) is 4.21. The first-order chi connectivity index (χ1) is 12.6. The highest BCUT2D eigenvalue weighted by Crippen LogP contribution is 2.15. The predicted molar refractivity (Wildman–Crippen MR) is 92.9 cm³/mol. The summed E-state index contributed by atoms with van der Waals surface area (Å²) in [6, 6.07) is 5.15. The largest absolute Gasteiger partial charge is 0.459 e. The van der Waals surface area contributed by atoms with E-state index in [0.29, 0.717) is 49.6 Å². The first kappa shape index (κ1) is 16.3. The van der Waals surface area contributed by atoms with Crippen LogP contribution in [0.4, 0.5) is 0 Å². The maximum absolute atomic E-state index is 13.0. The quantitative estimate of drug-likeness (QED) is 0.699. The molecule has 3 aromatic heterocycles. The van der Waals surface area contributed by atoms with Crippen molar-refractivity contribution >= 4 is 17.5 Å². The first-order valence-electron chi connectivity index (χ1n) is 8.56. The minimum atomic E-state index is -0.139. The number of carbonyl (C=O) groups excluding carboxylic acids is 2. The third-order valence-corrected chi connectivity index (χ3v) is 4.69. The third-order valence-electron chi connectivity index (χ3n) is 4.69. The van der Waals surface area contributed by atoms with E-state index in [1.165, 1.54) is 6.26 Å². The lowest BCUT2D eigenvalue weighted by Gasteiger charge is -2.22. The van der Waals surface area contributed by atoms with Crippen molar-refractivity contribution in [1.82, 2.24) is 24.4 Å². The first-order valence-corrected chi connectivity index (χ1v) is 8.56. The van der Waals surface area contributed by atoms with Gasteiger partial charge < -0.3 is 14.2 Å². The van der Waals surface area contributed by atoms with Crippen LogP contribution in [0, 0.1) is 6.92 Å². The second-order valence-corrected chi connectivity index (χ2v) is 6.27. The van der Waals surface area contributed by atoms with Crippen molar-refractivity contribution in [3.05, 3.63) is 53.9 Å². The number of hydrogen-bond acceptors (Lipinski definition) is 5. The lowest BCUT2D eigenvalue weighted by Crippen LogP contribution is -2.37. The number of amides is 2. The van der Waals surface area contributed by atoms with Gasteiger partial charge in [-0.15, -0.1) is 0 Å². The SMILES string of the molecule is Cc1c(C(=O)N2CCCN(C(=O)c3ccco3)CC2)cnc2ccnn12. The van der Waals surface area contributed by atoms with Crippen LogP contribution in [0.5, 0.6) is 0 Å². The van der Waals surface area contributed by atoms with E-state index in [4.69, 9.17) is 4.42 Å². The van der Waals surface area contributed by atoms with Crippen molar-refractivity contribution in [2.24, 2.45) is 0 Å². The van der Waals surface area contributed by atoms with Gasteiger partial charge in [0.15, 0.2) is 11.4 Å². The fraction of sp³-hybridized carbons (Fsp3) is 0.333. The second kappa shape index (κ2) is 6.62. The van der Waals surface area contributed by atoms with Gasteiger partial charge in [-0.05, 0) is 25.5 Å². The number of furan rings is 1. The Morgan fingerprint density at radius 1 is 1.08 bits per heavy atom. The van der Waals surface area contributed by atoms with Crippen molar-refractivity contribution in [3.63, 3.8) is 0 Å². The molecule has 8 heteroatoms. The Labute approximate surface area is 150 Å². The molecule has 3 aromatic rings. The Kier molecular flexibility index (Phi) is 4.16. The Bertz CT molecular complexity index is 947. The van der Waals surface area contributed by atoms with Crippen molar-refractivity contribution in [2.45, 2.75) is 13.3 Å². The number of carbonyl (C=O) groups is 2. The van der Waals surface area contributed by atoms with Crippen LogP contribution >= 0.6 is 0 Å². The van der Waals surface area contributed by atoms with E-state index >= 15 is 0 Å². The molecule has 134 valence electrons. The number of hydrogen-bond donors (Lipinski definition) is 0. The van der Waals surface area contributed by atoms with E-state index in [1.807, 2.05) is 6.92 Å². The number of rotatable bonds is 2. The van der Waals surface area contributed by atoms with Crippen LogP contribution in [0.15, 0.2) is 41.3 Å². The molecule has 0 unspecified atom stereocenters. The minimum absolute atomic E-state index is 0.0836. The van der Waals surface area contributed by atoms with Gasteiger partial charge in [-0.2, -0.15) is 5.10 Å². The van der Waals surface area contributed by atoms with Crippen molar-refractivity contribution in [3.8, 4) is 0 Å². The van der Waals surface area contributed by atoms with E-state index in [2.05, 4.69) is 10.1 Å². The summed E-state index contributed by atoms with van der Waals surface area (Å²) in [4.78, 5) is 33.2. The van der Waals surface area contributed by atoms with E-state index in [0.717, 1.165) is 5.69 Å². The molecule has 0 aliphatic carbocycles. The molecular weight excluding hydrogens is 334 g/mol. The highest BCUT2D eigenvalue weighted by molar-refractivity contribution is 5.95. The van der Waals surface area contributed by atoms with Gasteiger partial charge in [0.25, 0.3) is 11.8 Å². The average Bonchev–Trinajstić information content (AvgIpc) is 3.29. The smallest absolute Gasteiger partial charge is 0.289 e. The van der Waals surface area contributed by atoms with Crippen molar-refractivity contribution in [2.75, 3.05) is 26.2 Å². The standard InChI is InChI=1S/C18H19N5O3/c1-13-14(12-19-16-5-6-20-23(13)16)17(24)21-7-3-8-22(10-9-21)18(25)15-4-2-11-26-15/h2,4-6,11-12H,3,7-10H2,1H3. The monoisotopic (exact) mass is 353 g/mol. The molecule has 4 heterocycles. The molecule has 1 fully saturated rings. The molecule has 2 amide bonds. The molecule has 0 bridgehead atoms. The summed E-state index contributed by atoms with van der Waals surface area (Å²) in [6.45, 7) is 4.00. The van der Waals surface area contributed by atoms with Gasteiger partial charge in [0, 0.05) is 38.4 Å². The number of nitrogens with zero attached hydrogens (tertiary/aromatic N) is 5. The van der Waals surface area contributed by atoms with Gasteiger partial charge in [0.05, 0.1) is 23.7 Å². The van der Waals surface area contributed by atoms with Gasteiger partial charge in [-0.3, -0.25) is 9.59 Å². The second-order valence-electron chi connectivity index (χ2n) is 6.27. The Morgan fingerprint density at radius 2 is 1.85 bits per heavy atom. The lowest BCUT2D eigenvalue weighted by molar-refractivity contribution is 0.0699. The highest BCUT2D eigenvalue weighted by Gasteiger charge is 2.26. The van der Waals surface area contributed by atoms with Crippen LogP contribution in [-0.2, 0) is 0 Å². The van der Waals surface area contributed by atoms with E-state index in [1.54, 1.807) is 44.9 Å². The predicted octanol–water partition coefficient (Wildman–Crippen LogP) is 1.62. The van der Waals surface area contributed by atoms with Crippen molar-refractivity contribution in [1.29, 1.82) is 0 Å². The summed E-state index contributed by atoms with van der Waals surface area (Å²) in [6.07, 6.45) is 5.47. The molecule has 1 saturated heterocycles. The molecule has 1 aliphatic rings. The molecule has 8 nitrogen and oxygen atoms in total. The molecular formula is C18H19N5O3. The number of fused-ring (bicyclic) bond motifs is 1. The molecule has 0 radical (unpaired) electrons. The van der Waals surface area contributed by atoms with Crippen LogP contribution in [-0.4, -0.2) is 62.4 Å². The Morgan fingerprint density at radius 3 is 2.58 bits per heavy atom. The normalized spacial score (nSPS) is 15.3. The molecule has 0 atom stereocenters. The van der Waals surface area contributed by atoms with Crippen LogP contribution in [0.2, 0.25) is 0 Å². The summed E-state index contributed by atoms with van der Waals surface area (Å²) >= 11 is 0. The fourth-order valence-corrected chi connectivity index (χ4v) is 3.25. The maximum Gasteiger partial charge on any atom is 0.289 e. The summed E-state index contributed by atoms with van der Waals surface area (Å²) in [5.74, 6) is 0.105. The molecule has 26 heavy (non-hydrogen) atoms. The topological polar surface area (TPSA) is 84.0 Å². The molecule has 4 rings (SSSR count). The van der Waals surface area contributed by atoms with Gasteiger partial charge in [0.2, 0.25) is 0 Å². The number of aromatic nitrogens is 3. The summed E-state index contributed by atoms with van der Waals surface area (Å²) < 4.78 is 6.86. The Balaban J connectivity index is 1.50. The third kappa shape index (κ3) is 2.83. The summed E-state index contributed by atoms with van der Waals surface area (Å²) in [7, 11) is 0. The zero-order valence-corrected chi connectivity index (χ0v) is 14.5. The van der Waals surface area contributed by atoms with E-state index < -0.39 is 0 Å². The van der Waals surface area contributed by atoms with E-state index in [-0.39, 0.29) is 11.8 Å².